The summed E-state index contributed by atoms with van der Waals surface area (Å²) in [6.07, 6.45) is 0.813. The van der Waals surface area contributed by atoms with Gasteiger partial charge in [-0.1, -0.05) is 12.1 Å². The number of carbonyl (C=O) groups excluding carboxylic acids is 2. The molecule has 4 nitrogen and oxygen atoms in total. The first-order chi connectivity index (χ1) is 7.63. The molecular weight excluding hydrogens is 204 g/mol. The standard InChI is InChI=1S/C12H16N2O2/c1-10(16)7-14(2)9-13-12-6-4-3-5-11(12)8-15/h3-6,8,13H,7,9H2,1-2H3. The van der Waals surface area contributed by atoms with Crippen LogP contribution >= 0.6 is 0 Å². The number of nitrogens with zero attached hydrogens (tertiary/aromatic N) is 1. The van der Waals surface area contributed by atoms with Crippen LogP contribution in [0.5, 0.6) is 0 Å². The van der Waals surface area contributed by atoms with E-state index in [1.165, 1.54) is 0 Å². The van der Waals surface area contributed by atoms with Gasteiger partial charge in [-0.25, -0.2) is 0 Å². The molecule has 0 aliphatic heterocycles. The number of Topliss-reactive ketones (excluding diaryl/α,β-unsaturated/α-hetero) is 1. The summed E-state index contributed by atoms with van der Waals surface area (Å²) >= 11 is 0. The number of nitrogens with one attached hydrogen (secondary N) is 1. The van der Waals surface area contributed by atoms with Gasteiger partial charge in [-0.05, 0) is 26.1 Å². The van der Waals surface area contributed by atoms with Crippen LogP contribution in [0.4, 0.5) is 5.69 Å². The number of benzene rings is 1. The van der Waals surface area contributed by atoms with Crippen LogP contribution in [0.3, 0.4) is 0 Å². The molecule has 1 N–H and O–H groups in total. The number of hydrogen-bond donors (Lipinski definition) is 1. The van der Waals surface area contributed by atoms with E-state index in [0.29, 0.717) is 18.8 Å². The van der Waals surface area contributed by atoms with E-state index in [9.17, 15) is 9.59 Å². The van der Waals surface area contributed by atoms with Gasteiger partial charge in [0.1, 0.15) is 5.78 Å². The Kier molecular flexibility index (Phi) is 4.66. The second kappa shape index (κ2) is 6.02. The molecule has 0 radical (unpaired) electrons. The molecule has 16 heavy (non-hydrogen) atoms. The van der Waals surface area contributed by atoms with E-state index in [2.05, 4.69) is 5.32 Å². The zero-order valence-corrected chi connectivity index (χ0v) is 9.56. The summed E-state index contributed by atoms with van der Waals surface area (Å²) in [7, 11) is 1.85. The van der Waals surface area contributed by atoms with Crippen molar-refractivity contribution in [3.05, 3.63) is 29.8 Å². The highest BCUT2D eigenvalue weighted by Gasteiger charge is 2.03. The number of likely N-dealkylation sites (N-methyl/N-ethyl adjacent to an activating group) is 1. The van der Waals surface area contributed by atoms with E-state index in [0.717, 1.165) is 12.0 Å². The summed E-state index contributed by atoms with van der Waals surface area (Å²) in [5.41, 5.74) is 1.41. The van der Waals surface area contributed by atoms with Crippen molar-refractivity contribution >= 4 is 17.8 Å². The minimum absolute atomic E-state index is 0.118. The van der Waals surface area contributed by atoms with E-state index >= 15 is 0 Å². The van der Waals surface area contributed by atoms with Gasteiger partial charge in [-0.2, -0.15) is 0 Å². The summed E-state index contributed by atoms with van der Waals surface area (Å²) in [4.78, 5) is 23.5. The second-order valence-corrected chi connectivity index (χ2v) is 3.76. The maximum atomic E-state index is 10.9. The highest BCUT2D eigenvalue weighted by molar-refractivity contribution is 5.84. The lowest BCUT2D eigenvalue weighted by molar-refractivity contribution is -0.117. The summed E-state index contributed by atoms with van der Waals surface area (Å²) < 4.78 is 0. The number of anilines is 1. The van der Waals surface area contributed by atoms with Crippen LogP contribution in [0.15, 0.2) is 24.3 Å². The maximum absolute atomic E-state index is 10.9. The minimum atomic E-state index is 0.118. The molecular formula is C12H16N2O2. The third-order valence-corrected chi connectivity index (χ3v) is 2.12. The van der Waals surface area contributed by atoms with E-state index in [4.69, 9.17) is 0 Å². The van der Waals surface area contributed by atoms with Crippen molar-refractivity contribution in [2.24, 2.45) is 0 Å². The molecule has 0 aliphatic carbocycles. The molecule has 0 spiro atoms. The van der Waals surface area contributed by atoms with Crippen LogP contribution in [0.25, 0.3) is 0 Å². The van der Waals surface area contributed by atoms with Crippen LogP contribution in [0.1, 0.15) is 17.3 Å². The maximum Gasteiger partial charge on any atom is 0.152 e. The van der Waals surface area contributed by atoms with Gasteiger partial charge in [0.05, 0.1) is 13.2 Å². The lowest BCUT2D eigenvalue weighted by Crippen LogP contribution is -2.29. The largest absolute Gasteiger partial charge is 0.372 e. The molecule has 0 fully saturated rings. The molecule has 0 aliphatic rings. The molecule has 0 aromatic heterocycles. The topological polar surface area (TPSA) is 49.4 Å². The van der Waals surface area contributed by atoms with Gasteiger partial charge in [0.15, 0.2) is 6.29 Å². The monoisotopic (exact) mass is 220 g/mol. The average Bonchev–Trinajstić information content (AvgIpc) is 2.26. The zero-order valence-electron chi connectivity index (χ0n) is 9.56. The molecule has 0 saturated heterocycles. The number of ketones is 1. The Morgan fingerprint density at radius 1 is 1.44 bits per heavy atom. The van der Waals surface area contributed by atoms with Gasteiger partial charge in [0.25, 0.3) is 0 Å². The number of hydrogen-bond acceptors (Lipinski definition) is 4. The molecule has 0 saturated carbocycles. The van der Waals surface area contributed by atoms with Crippen LogP contribution in [0, 0.1) is 0 Å². The van der Waals surface area contributed by atoms with Gasteiger partial charge >= 0.3 is 0 Å². The van der Waals surface area contributed by atoms with Gasteiger partial charge in [0, 0.05) is 11.3 Å². The quantitative estimate of drug-likeness (QED) is 0.581. The average molecular weight is 220 g/mol. The van der Waals surface area contributed by atoms with Crippen molar-refractivity contribution in [3.8, 4) is 0 Å². The molecule has 4 heteroatoms. The Balaban J connectivity index is 2.54. The van der Waals surface area contributed by atoms with E-state index in [1.54, 1.807) is 13.0 Å². The van der Waals surface area contributed by atoms with Gasteiger partial charge in [-0.3, -0.25) is 14.5 Å². The molecule has 0 heterocycles. The van der Waals surface area contributed by atoms with Gasteiger partial charge in [0.2, 0.25) is 0 Å². The fourth-order valence-corrected chi connectivity index (χ4v) is 1.42. The Morgan fingerprint density at radius 2 is 2.12 bits per heavy atom. The fraction of sp³-hybridized carbons (Fsp3) is 0.333. The third-order valence-electron chi connectivity index (χ3n) is 2.12. The molecule has 1 aromatic carbocycles. The third kappa shape index (κ3) is 3.82. The summed E-state index contributed by atoms with van der Waals surface area (Å²) in [5, 5.41) is 3.11. The van der Waals surface area contributed by atoms with Crippen molar-refractivity contribution in [3.63, 3.8) is 0 Å². The first-order valence-corrected chi connectivity index (χ1v) is 5.09. The molecule has 0 amide bonds. The predicted octanol–water partition coefficient (Wildman–Crippen LogP) is 1.39. The lowest BCUT2D eigenvalue weighted by Gasteiger charge is -2.17. The van der Waals surface area contributed by atoms with Crippen molar-refractivity contribution < 1.29 is 9.59 Å². The Labute approximate surface area is 95.3 Å². The van der Waals surface area contributed by atoms with Crippen LogP contribution < -0.4 is 5.32 Å². The van der Waals surface area contributed by atoms with Gasteiger partial charge in [-0.15, -0.1) is 0 Å². The zero-order chi connectivity index (χ0) is 12.0. The predicted molar refractivity (Wildman–Crippen MR) is 63.6 cm³/mol. The normalized spacial score (nSPS) is 10.2. The molecule has 0 atom stereocenters. The van der Waals surface area contributed by atoms with Crippen molar-refractivity contribution in [1.29, 1.82) is 0 Å². The second-order valence-electron chi connectivity index (χ2n) is 3.76. The van der Waals surface area contributed by atoms with Crippen LogP contribution in [-0.2, 0) is 4.79 Å². The molecule has 86 valence electrons. The number of aldehydes is 1. The van der Waals surface area contributed by atoms with Gasteiger partial charge < -0.3 is 5.32 Å². The lowest BCUT2D eigenvalue weighted by atomic mass is 10.2. The van der Waals surface area contributed by atoms with Crippen LogP contribution in [-0.4, -0.2) is 37.2 Å². The summed E-state index contributed by atoms with van der Waals surface area (Å²) in [6, 6.07) is 7.26. The summed E-state index contributed by atoms with van der Waals surface area (Å²) in [5.74, 6) is 0.118. The first-order valence-electron chi connectivity index (χ1n) is 5.09. The SMILES string of the molecule is CC(=O)CN(C)CNc1ccccc1C=O. The highest BCUT2D eigenvalue weighted by atomic mass is 16.1. The van der Waals surface area contributed by atoms with Crippen molar-refractivity contribution in [2.75, 3.05) is 25.6 Å². The van der Waals surface area contributed by atoms with Crippen LogP contribution in [0.2, 0.25) is 0 Å². The Bertz CT molecular complexity index is 377. The Morgan fingerprint density at radius 3 is 2.75 bits per heavy atom. The van der Waals surface area contributed by atoms with Crippen molar-refractivity contribution in [2.45, 2.75) is 6.92 Å². The number of rotatable bonds is 6. The van der Waals surface area contributed by atoms with E-state index in [-0.39, 0.29) is 5.78 Å². The molecule has 1 rings (SSSR count). The van der Waals surface area contributed by atoms with E-state index < -0.39 is 0 Å². The highest BCUT2D eigenvalue weighted by Crippen LogP contribution is 2.11. The fourth-order valence-electron chi connectivity index (χ4n) is 1.42. The van der Waals surface area contributed by atoms with Crippen molar-refractivity contribution in [1.82, 2.24) is 4.90 Å². The summed E-state index contributed by atoms with van der Waals surface area (Å²) in [6.45, 7) is 2.48. The molecule has 0 bridgehead atoms. The first kappa shape index (κ1) is 12.4. The van der Waals surface area contributed by atoms with E-state index in [1.807, 2.05) is 30.1 Å². The number of para-hydroxylation sites is 1. The minimum Gasteiger partial charge on any atom is -0.372 e. The molecule has 0 unspecified atom stereocenters. The molecule has 1 aromatic rings. The number of carbonyl (C=O) groups is 2. The Hall–Kier alpha value is -1.68. The smallest absolute Gasteiger partial charge is 0.152 e.